The van der Waals surface area contributed by atoms with Crippen LogP contribution in [-0.2, 0) is 4.79 Å². The summed E-state index contributed by atoms with van der Waals surface area (Å²) in [6.45, 7) is 3.08. The number of rotatable bonds is 3. The van der Waals surface area contributed by atoms with Gasteiger partial charge in [0.15, 0.2) is 0 Å². The minimum absolute atomic E-state index is 0.0629. The quantitative estimate of drug-likeness (QED) is 0.681. The van der Waals surface area contributed by atoms with Gasteiger partial charge in [0, 0.05) is 13.1 Å². The molecule has 1 saturated heterocycles. The lowest BCUT2D eigenvalue weighted by atomic mass is 10.0. The minimum atomic E-state index is 0.0629. The molecule has 3 nitrogen and oxygen atoms in total. The highest BCUT2D eigenvalue weighted by Gasteiger charge is 2.36. The lowest BCUT2D eigenvalue weighted by Crippen LogP contribution is -2.36. The molecule has 82 valence electrons. The van der Waals surface area contributed by atoms with Gasteiger partial charge in [0.2, 0.25) is 5.91 Å². The van der Waals surface area contributed by atoms with Gasteiger partial charge in [0.05, 0.1) is 13.1 Å². The van der Waals surface area contributed by atoms with Crippen LogP contribution >= 0.6 is 0 Å². The highest BCUT2D eigenvalue weighted by atomic mass is 16.2. The maximum Gasteiger partial charge on any atom is 0.234 e. The summed E-state index contributed by atoms with van der Waals surface area (Å²) in [4.78, 5) is 13.7. The average molecular weight is 206 g/mol. The van der Waals surface area contributed by atoms with Gasteiger partial charge >= 0.3 is 0 Å². The molecular weight excluding hydrogens is 188 g/mol. The van der Waals surface area contributed by atoms with Gasteiger partial charge in [-0.1, -0.05) is 12.3 Å². The molecule has 0 aromatic heterocycles. The van der Waals surface area contributed by atoms with Crippen molar-refractivity contribution in [2.75, 3.05) is 26.2 Å². The molecule has 0 aromatic rings. The number of terminal acetylenes is 1. The van der Waals surface area contributed by atoms with E-state index in [2.05, 4.69) is 16.1 Å². The third-order valence-corrected chi connectivity index (χ3v) is 3.56. The number of likely N-dealkylation sites (tertiary alicyclic amines) is 1. The Bertz CT molecular complexity index is 270. The van der Waals surface area contributed by atoms with Crippen LogP contribution in [0.1, 0.15) is 19.3 Å². The van der Waals surface area contributed by atoms with Gasteiger partial charge in [-0.3, -0.25) is 9.69 Å². The van der Waals surface area contributed by atoms with Crippen LogP contribution in [0.15, 0.2) is 0 Å². The van der Waals surface area contributed by atoms with Gasteiger partial charge in [-0.05, 0) is 24.7 Å². The molecule has 3 heteroatoms. The second kappa shape index (κ2) is 4.67. The van der Waals surface area contributed by atoms with Gasteiger partial charge in [-0.2, -0.15) is 0 Å². The predicted molar refractivity (Wildman–Crippen MR) is 59.1 cm³/mol. The van der Waals surface area contributed by atoms with E-state index in [-0.39, 0.29) is 5.91 Å². The Balaban J connectivity index is 1.73. The van der Waals surface area contributed by atoms with E-state index in [0.717, 1.165) is 24.9 Å². The highest BCUT2D eigenvalue weighted by molar-refractivity contribution is 5.78. The Morgan fingerprint density at radius 2 is 2.07 bits per heavy atom. The van der Waals surface area contributed by atoms with Crippen molar-refractivity contribution in [1.82, 2.24) is 10.2 Å². The number of hydrogen-bond donors (Lipinski definition) is 1. The molecule has 2 aliphatic rings. The van der Waals surface area contributed by atoms with Crippen LogP contribution in [0, 0.1) is 24.2 Å². The zero-order valence-electron chi connectivity index (χ0n) is 9.04. The van der Waals surface area contributed by atoms with E-state index in [1.165, 1.54) is 19.3 Å². The molecule has 2 atom stereocenters. The van der Waals surface area contributed by atoms with Crippen molar-refractivity contribution in [3.05, 3.63) is 0 Å². The zero-order chi connectivity index (χ0) is 10.7. The van der Waals surface area contributed by atoms with E-state index in [0.29, 0.717) is 13.1 Å². The summed E-state index contributed by atoms with van der Waals surface area (Å²) in [5, 5.41) is 2.71. The normalized spacial score (nSPS) is 29.8. The SMILES string of the molecule is C#CCNC(=O)CN1CC2CCCC2C1. The Morgan fingerprint density at radius 3 is 2.67 bits per heavy atom. The van der Waals surface area contributed by atoms with Gasteiger partial charge in [-0.25, -0.2) is 0 Å². The van der Waals surface area contributed by atoms with Crippen LogP contribution in [0.4, 0.5) is 0 Å². The summed E-state index contributed by atoms with van der Waals surface area (Å²) in [5.41, 5.74) is 0. The van der Waals surface area contributed by atoms with E-state index in [9.17, 15) is 4.79 Å². The zero-order valence-corrected chi connectivity index (χ0v) is 9.04. The topological polar surface area (TPSA) is 32.3 Å². The fourth-order valence-corrected chi connectivity index (χ4v) is 2.87. The predicted octanol–water partition coefficient (Wildman–Crippen LogP) is 0.468. The molecule has 1 aliphatic carbocycles. The third kappa shape index (κ3) is 2.51. The van der Waals surface area contributed by atoms with Gasteiger partial charge in [0.25, 0.3) is 0 Å². The van der Waals surface area contributed by atoms with Gasteiger partial charge < -0.3 is 5.32 Å². The Hall–Kier alpha value is -1.01. The minimum Gasteiger partial charge on any atom is -0.344 e. The smallest absolute Gasteiger partial charge is 0.234 e. The van der Waals surface area contributed by atoms with Crippen molar-refractivity contribution in [2.24, 2.45) is 11.8 Å². The molecule has 0 radical (unpaired) electrons. The maximum absolute atomic E-state index is 11.4. The number of hydrogen-bond acceptors (Lipinski definition) is 2. The average Bonchev–Trinajstić information content (AvgIpc) is 2.74. The third-order valence-electron chi connectivity index (χ3n) is 3.56. The van der Waals surface area contributed by atoms with Crippen LogP contribution in [0.2, 0.25) is 0 Å². The monoisotopic (exact) mass is 206 g/mol. The molecule has 2 rings (SSSR count). The molecule has 1 heterocycles. The second-order valence-electron chi connectivity index (χ2n) is 4.63. The first-order valence-corrected chi connectivity index (χ1v) is 5.72. The summed E-state index contributed by atoms with van der Waals surface area (Å²) in [5.74, 6) is 4.18. The summed E-state index contributed by atoms with van der Waals surface area (Å²) in [6.07, 6.45) is 9.17. The van der Waals surface area contributed by atoms with Crippen LogP contribution in [0.3, 0.4) is 0 Å². The van der Waals surface area contributed by atoms with Crippen molar-refractivity contribution in [2.45, 2.75) is 19.3 Å². The Kier molecular flexibility index (Phi) is 3.27. The van der Waals surface area contributed by atoms with E-state index in [1.54, 1.807) is 0 Å². The maximum atomic E-state index is 11.4. The lowest BCUT2D eigenvalue weighted by molar-refractivity contribution is -0.121. The summed E-state index contributed by atoms with van der Waals surface area (Å²) < 4.78 is 0. The Morgan fingerprint density at radius 1 is 1.40 bits per heavy atom. The second-order valence-corrected chi connectivity index (χ2v) is 4.63. The molecule has 1 amide bonds. The summed E-state index contributed by atoms with van der Waals surface area (Å²) in [6, 6.07) is 0. The number of fused-ring (bicyclic) bond motifs is 1. The first kappa shape index (κ1) is 10.5. The van der Waals surface area contributed by atoms with E-state index in [4.69, 9.17) is 6.42 Å². The van der Waals surface area contributed by atoms with E-state index < -0.39 is 0 Å². The largest absolute Gasteiger partial charge is 0.344 e. The van der Waals surface area contributed by atoms with Crippen molar-refractivity contribution < 1.29 is 4.79 Å². The fourth-order valence-electron chi connectivity index (χ4n) is 2.87. The number of nitrogens with one attached hydrogen (secondary N) is 1. The standard InChI is InChI=1S/C12H18N2O/c1-2-6-13-12(15)9-14-7-10-4-3-5-11(10)8-14/h1,10-11H,3-9H2,(H,13,15). The molecule has 1 saturated carbocycles. The molecule has 1 N–H and O–H groups in total. The summed E-state index contributed by atoms with van der Waals surface area (Å²) in [7, 11) is 0. The van der Waals surface area contributed by atoms with Crippen LogP contribution in [-0.4, -0.2) is 37.0 Å². The molecule has 2 fully saturated rings. The number of amides is 1. The highest BCUT2D eigenvalue weighted by Crippen LogP contribution is 2.37. The summed E-state index contributed by atoms with van der Waals surface area (Å²) >= 11 is 0. The first-order chi connectivity index (χ1) is 7.29. The first-order valence-electron chi connectivity index (χ1n) is 5.72. The fraction of sp³-hybridized carbons (Fsp3) is 0.750. The van der Waals surface area contributed by atoms with Gasteiger partial charge in [-0.15, -0.1) is 6.42 Å². The number of nitrogens with zero attached hydrogens (tertiary/aromatic N) is 1. The van der Waals surface area contributed by atoms with Gasteiger partial charge in [0.1, 0.15) is 0 Å². The van der Waals surface area contributed by atoms with E-state index >= 15 is 0 Å². The molecule has 0 spiro atoms. The lowest BCUT2D eigenvalue weighted by Gasteiger charge is -2.15. The van der Waals surface area contributed by atoms with Crippen molar-refractivity contribution in [1.29, 1.82) is 0 Å². The van der Waals surface area contributed by atoms with Crippen molar-refractivity contribution in [3.8, 4) is 12.3 Å². The molecule has 0 bridgehead atoms. The molecule has 2 unspecified atom stereocenters. The number of carbonyl (C=O) groups is 1. The van der Waals surface area contributed by atoms with Crippen molar-refractivity contribution in [3.63, 3.8) is 0 Å². The van der Waals surface area contributed by atoms with Crippen molar-refractivity contribution >= 4 is 5.91 Å². The van der Waals surface area contributed by atoms with Crippen LogP contribution in [0.5, 0.6) is 0 Å². The van der Waals surface area contributed by atoms with Crippen LogP contribution < -0.4 is 5.32 Å². The molecule has 0 aromatic carbocycles. The number of carbonyl (C=O) groups excluding carboxylic acids is 1. The molecule has 1 aliphatic heterocycles. The molecular formula is C12H18N2O. The van der Waals surface area contributed by atoms with E-state index in [1.807, 2.05) is 0 Å². The Labute approximate surface area is 91.2 Å². The van der Waals surface area contributed by atoms with Crippen LogP contribution in [0.25, 0.3) is 0 Å². The molecule has 15 heavy (non-hydrogen) atoms.